The predicted octanol–water partition coefficient (Wildman–Crippen LogP) is 3.30. The second-order valence-corrected chi connectivity index (χ2v) is 8.26. The fraction of sp³-hybridized carbons (Fsp3) is 0.0500. The molecule has 0 aromatic heterocycles. The summed E-state index contributed by atoms with van der Waals surface area (Å²) in [6.07, 6.45) is 0. The van der Waals surface area contributed by atoms with Crippen molar-refractivity contribution >= 4 is 52.8 Å². The number of para-hydroxylation sites is 1. The number of nitrogens with zero attached hydrogens (tertiary/aromatic N) is 1. The van der Waals surface area contributed by atoms with Crippen LogP contribution in [0.1, 0.15) is 10.4 Å². The monoisotopic (exact) mass is 415 g/mol. The Morgan fingerprint density at radius 3 is 2.60 bits per heavy atom. The minimum atomic E-state index is -0.0923. The molecule has 0 aliphatic carbocycles. The summed E-state index contributed by atoms with van der Waals surface area (Å²) in [4.78, 5) is 15.1. The molecule has 0 atom stereocenters. The van der Waals surface area contributed by atoms with Crippen LogP contribution < -0.4 is 18.6 Å². The molecule has 1 heterocycles. The Hall–Kier alpha value is -2.26. The normalized spacial score (nSPS) is 12.3. The van der Waals surface area contributed by atoms with Gasteiger partial charge in [-0.05, 0) is 0 Å². The molecule has 3 nitrogen and oxygen atoms in total. The van der Waals surface area contributed by atoms with E-state index < -0.39 is 0 Å². The molecule has 0 N–H and O–H groups in total. The first-order valence-electron chi connectivity index (χ1n) is 7.72. The van der Waals surface area contributed by atoms with Gasteiger partial charge in [0.15, 0.2) is 0 Å². The van der Waals surface area contributed by atoms with Crippen LogP contribution in [0, 0.1) is 0 Å². The molecule has 5 heteroatoms. The number of fused-ring (bicyclic) bond motifs is 2. The molecule has 0 spiro atoms. The van der Waals surface area contributed by atoms with Gasteiger partial charge in [-0.1, -0.05) is 0 Å². The number of carbonyl (C=O) groups is 1. The number of ether oxygens (including phenoxy) is 1. The summed E-state index contributed by atoms with van der Waals surface area (Å²) in [6, 6.07) is 21.0. The average Bonchev–Trinajstić information content (AvgIpc) is 2.65. The quantitative estimate of drug-likeness (QED) is 0.602. The second kappa shape index (κ2) is 6.57. The Labute approximate surface area is 157 Å². The van der Waals surface area contributed by atoms with E-state index >= 15 is 0 Å². The topological polar surface area (TPSA) is 29.5 Å². The van der Waals surface area contributed by atoms with Crippen LogP contribution in [0.15, 0.2) is 66.7 Å². The van der Waals surface area contributed by atoms with Crippen LogP contribution in [0.3, 0.4) is 0 Å². The molecular weight excluding hydrogens is 401 g/mol. The van der Waals surface area contributed by atoms with Gasteiger partial charge in [-0.2, -0.15) is 0 Å². The van der Waals surface area contributed by atoms with E-state index in [4.69, 9.17) is 16.3 Å². The Kier molecular flexibility index (Phi) is 4.26. The average molecular weight is 415 g/mol. The predicted molar refractivity (Wildman–Crippen MR) is 102 cm³/mol. The van der Waals surface area contributed by atoms with Crippen molar-refractivity contribution in [2.45, 2.75) is 0 Å². The van der Waals surface area contributed by atoms with Crippen LogP contribution in [0.2, 0.25) is 5.02 Å². The van der Waals surface area contributed by atoms with E-state index in [1.54, 1.807) is 24.1 Å². The maximum atomic E-state index is 13.3. The summed E-state index contributed by atoms with van der Waals surface area (Å²) in [6.45, 7) is 0. The van der Waals surface area contributed by atoms with E-state index in [1.165, 1.54) is 4.46 Å². The molecule has 1 aliphatic rings. The molecule has 0 radical (unpaired) electrons. The first-order valence-corrected chi connectivity index (χ1v) is 9.81. The van der Waals surface area contributed by atoms with Gasteiger partial charge in [-0.15, -0.1) is 0 Å². The molecule has 25 heavy (non-hydrogen) atoms. The van der Waals surface area contributed by atoms with Crippen LogP contribution >= 0.6 is 11.6 Å². The third kappa shape index (κ3) is 2.93. The van der Waals surface area contributed by atoms with Gasteiger partial charge in [-0.3, -0.25) is 0 Å². The SMILES string of the molecule is COc1cccc(C(=O)N2c3ccccc3[Se]c3ccc(Cl)cc32)c1. The van der Waals surface area contributed by atoms with Crippen molar-refractivity contribution < 1.29 is 9.53 Å². The molecule has 0 fully saturated rings. The van der Waals surface area contributed by atoms with Crippen molar-refractivity contribution in [1.82, 2.24) is 0 Å². The molecule has 0 saturated carbocycles. The molecule has 3 aromatic carbocycles. The molecule has 0 unspecified atom stereocenters. The van der Waals surface area contributed by atoms with Crippen molar-refractivity contribution in [3.05, 3.63) is 77.3 Å². The summed E-state index contributed by atoms with van der Waals surface area (Å²) >= 11 is 6.36. The first kappa shape index (κ1) is 16.2. The number of carbonyl (C=O) groups excluding carboxylic acids is 1. The van der Waals surface area contributed by atoms with E-state index in [1.807, 2.05) is 48.5 Å². The van der Waals surface area contributed by atoms with Crippen molar-refractivity contribution in [3.63, 3.8) is 0 Å². The van der Waals surface area contributed by atoms with Crippen molar-refractivity contribution in [2.24, 2.45) is 0 Å². The summed E-state index contributed by atoms with van der Waals surface area (Å²) in [7, 11) is 1.59. The summed E-state index contributed by atoms with van der Waals surface area (Å²) in [5.74, 6) is 0.567. The second-order valence-electron chi connectivity index (χ2n) is 5.55. The van der Waals surface area contributed by atoms with Gasteiger partial charge in [0.2, 0.25) is 0 Å². The molecule has 4 rings (SSSR count). The van der Waals surface area contributed by atoms with Crippen molar-refractivity contribution in [1.29, 1.82) is 0 Å². The number of hydrogen-bond donors (Lipinski definition) is 0. The Balaban J connectivity index is 1.88. The van der Waals surface area contributed by atoms with Crippen molar-refractivity contribution in [3.8, 4) is 5.75 Å². The molecule has 1 aliphatic heterocycles. The minimum absolute atomic E-state index is 0.0923. The Morgan fingerprint density at radius 2 is 1.76 bits per heavy atom. The molecule has 1 amide bonds. The van der Waals surface area contributed by atoms with Gasteiger partial charge < -0.3 is 0 Å². The van der Waals surface area contributed by atoms with E-state index in [0.29, 0.717) is 16.3 Å². The standard InChI is InChI=1S/C20H14ClNO2Se/c1-24-15-6-4-5-13(11-15)20(23)22-16-7-2-3-8-18(16)25-19-10-9-14(21)12-17(19)22/h2-12H,1H3. The molecule has 0 saturated heterocycles. The van der Waals surface area contributed by atoms with Crippen LogP contribution in [-0.4, -0.2) is 28.0 Å². The Bertz CT molecular complexity index is 973. The van der Waals surface area contributed by atoms with Gasteiger partial charge in [0.25, 0.3) is 0 Å². The zero-order valence-electron chi connectivity index (χ0n) is 13.4. The van der Waals surface area contributed by atoms with E-state index in [0.717, 1.165) is 15.8 Å². The third-order valence-corrected chi connectivity index (χ3v) is 6.61. The van der Waals surface area contributed by atoms with Gasteiger partial charge in [0.1, 0.15) is 0 Å². The number of hydrogen-bond acceptors (Lipinski definition) is 2. The number of benzene rings is 3. The van der Waals surface area contributed by atoms with E-state index in [9.17, 15) is 4.79 Å². The fourth-order valence-electron chi connectivity index (χ4n) is 2.83. The molecule has 3 aromatic rings. The first-order chi connectivity index (χ1) is 12.2. The number of rotatable bonds is 2. The third-order valence-electron chi connectivity index (χ3n) is 4.01. The van der Waals surface area contributed by atoms with E-state index in [2.05, 4.69) is 6.07 Å². The zero-order valence-corrected chi connectivity index (χ0v) is 15.9. The van der Waals surface area contributed by atoms with Gasteiger partial charge in [0.05, 0.1) is 0 Å². The van der Waals surface area contributed by atoms with Crippen LogP contribution in [0.5, 0.6) is 5.75 Å². The maximum absolute atomic E-state index is 13.3. The Morgan fingerprint density at radius 1 is 0.960 bits per heavy atom. The van der Waals surface area contributed by atoms with Gasteiger partial charge >= 0.3 is 157 Å². The number of halogens is 1. The summed E-state index contributed by atoms with van der Waals surface area (Å²) in [5, 5.41) is 0.623. The summed E-state index contributed by atoms with van der Waals surface area (Å²) < 4.78 is 7.59. The number of amides is 1. The fourth-order valence-corrected chi connectivity index (χ4v) is 5.18. The van der Waals surface area contributed by atoms with Gasteiger partial charge in [0, 0.05) is 0 Å². The number of methoxy groups -OCH3 is 1. The molecule has 124 valence electrons. The van der Waals surface area contributed by atoms with Crippen molar-refractivity contribution in [2.75, 3.05) is 12.0 Å². The number of anilines is 2. The van der Waals surface area contributed by atoms with Crippen LogP contribution in [0.4, 0.5) is 11.4 Å². The van der Waals surface area contributed by atoms with E-state index in [-0.39, 0.29) is 20.9 Å². The zero-order chi connectivity index (χ0) is 17.4. The molecular formula is C20H14ClNO2Se. The van der Waals surface area contributed by atoms with Crippen LogP contribution in [0.25, 0.3) is 0 Å². The van der Waals surface area contributed by atoms with Gasteiger partial charge in [-0.25, -0.2) is 0 Å². The summed E-state index contributed by atoms with van der Waals surface area (Å²) in [5.41, 5.74) is 2.36. The molecule has 0 bridgehead atoms. The van der Waals surface area contributed by atoms with Crippen LogP contribution in [-0.2, 0) is 0 Å².